The molecule has 4 heteroatoms. The van der Waals surface area contributed by atoms with Crippen LogP contribution in [0.1, 0.15) is 28.4 Å². The number of carbonyl (C=O) groups is 1. The second kappa shape index (κ2) is 6.71. The van der Waals surface area contributed by atoms with Gasteiger partial charge in [-0.3, -0.25) is 0 Å². The van der Waals surface area contributed by atoms with Gasteiger partial charge in [-0.2, -0.15) is 0 Å². The zero-order chi connectivity index (χ0) is 18.1. The highest BCUT2D eigenvalue weighted by Crippen LogP contribution is 2.33. The Kier molecular flexibility index (Phi) is 4.25. The van der Waals surface area contributed by atoms with Gasteiger partial charge >= 0.3 is 6.03 Å². The molecule has 0 saturated carbocycles. The molecule has 1 N–H and O–H groups in total. The normalized spacial score (nSPS) is 16.2. The number of carbonyl (C=O) groups excluding carboxylic acids is 1. The molecule has 2 aromatic carbocycles. The molecule has 0 fully saturated rings. The number of hydrogen-bond acceptors (Lipinski definition) is 1. The maximum atomic E-state index is 13.1. The van der Waals surface area contributed by atoms with Crippen molar-refractivity contribution in [3.63, 3.8) is 0 Å². The number of nitrogens with zero attached hydrogens (tertiary/aromatic N) is 2. The molecule has 1 aromatic heterocycles. The van der Waals surface area contributed by atoms with Crippen LogP contribution in [0.4, 0.5) is 10.5 Å². The molecule has 26 heavy (non-hydrogen) atoms. The molecule has 2 amide bonds. The first-order valence-electron chi connectivity index (χ1n) is 8.98. The van der Waals surface area contributed by atoms with E-state index < -0.39 is 0 Å². The van der Waals surface area contributed by atoms with Crippen molar-refractivity contribution in [1.29, 1.82) is 0 Å². The molecule has 2 heterocycles. The Morgan fingerprint density at radius 3 is 2.54 bits per heavy atom. The Morgan fingerprint density at radius 2 is 1.77 bits per heavy atom. The molecule has 4 nitrogen and oxygen atoms in total. The molecule has 1 aliphatic heterocycles. The largest absolute Gasteiger partial charge is 0.348 e. The Bertz CT molecular complexity index is 927. The van der Waals surface area contributed by atoms with Crippen molar-refractivity contribution in [1.82, 2.24) is 9.47 Å². The van der Waals surface area contributed by atoms with E-state index in [1.165, 1.54) is 5.56 Å². The van der Waals surface area contributed by atoms with E-state index in [4.69, 9.17) is 0 Å². The fraction of sp³-hybridized carbons (Fsp3) is 0.227. The molecule has 0 bridgehead atoms. The second-order valence-electron chi connectivity index (χ2n) is 6.93. The third-order valence-electron chi connectivity index (χ3n) is 4.96. The van der Waals surface area contributed by atoms with E-state index in [-0.39, 0.29) is 12.1 Å². The van der Waals surface area contributed by atoms with Gasteiger partial charge < -0.3 is 14.8 Å². The van der Waals surface area contributed by atoms with Crippen molar-refractivity contribution in [2.24, 2.45) is 0 Å². The molecule has 132 valence electrons. The summed E-state index contributed by atoms with van der Waals surface area (Å²) in [5.41, 5.74) is 5.47. The summed E-state index contributed by atoms with van der Waals surface area (Å²) in [6.45, 7) is 5.60. The van der Waals surface area contributed by atoms with E-state index in [9.17, 15) is 4.79 Å². The number of rotatable bonds is 2. The lowest BCUT2D eigenvalue weighted by Gasteiger charge is -2.37. The molecular formula is C22H23N3O. The summed E-state index contributed by atoms with van der Waals surface area (Å²) in [4.78, 5) is 15.0. The van der Waals surface area contributed by atoms with E-state index in [1.807, 2.05) is 36.1 Å². The molecule has 4 rings (SSSR count). The number of fused-ring (bicyclic) bond motifs is 1. The van der Waals surface area contributed by atoms with Crippen LogP contribution in [0.25, 0.3) is 0 Å². The fourth-order valence-electron chi connectivity index (χ4n) is 3.62. The molecule has 1 aliphatic rings. The number of aryl methyl sites for hydroxylation is 2. The smallest absolute Gasteiger partial charge is 0.322 e. The van der Waals surface area contributed by atoms with Crippen LogP contribution in [-0.2, 0) is 6.54 Å². The number of amides is 2. The molecule has 1 atom stereocenters. The molecule has 0 unspecified atom stereocenters. The fourth-order valence-corrected chi connectivity index (χ4v) is 3.62. The Morgan fingerprint density at radius 1 is 0.962 bits per heavy atom. The number of anilines is 1. The highest BCUT2D eigenvalue weighted by molar-refractivity contribution is 5.90. The van der Waals surface area contributed by atoms with Crippen LogP contribution >= 0.6 is 0 Å². The van der Waals surface area contributed by atoms with E-state index in [2.05, 4.69) is 59.4 Å². The zero-order valence-corrected chi connectivity index (χ0v) is 15.1. The van der Waals surface area contributed by atoms with E-state index in [0.717, 1.165) is 29.1 Å². The average Bonchev–Trinajstić information content (AvgIpc) is 3.10. The highest BCUT2D eigenvalue weighted by atomic mass is 16.2. The first-order chi connectivity index (χ1) is 12.6. The quantitative estimate of drug-likeness (QED) is 0.715. The number of aromatic nitrogens is 1. The van der Waals surface area contributed by atoms with Crippen molar-refractivity contribution in [3.05, 3.63) is 89.2 Å². The van der Waals surface area contributed by atoms with Gasteiger partial charge in [0.15, 0.2) is 0 Å². The van der Waals surface area contributed by atoms with Crippen LogP contribution in [-0.4, -0.2) is 22.0 Å². The summed E-state index contributed by atoms with van der Waals surface area (Å²) in [6, 6.07) is 20.4. The predicted octanol–water partition coefficient (Wildman–Crippen LogP) is 4.74. The van der Waals surface area contributed by atoms with Gasteiger partial charge in [-0.15, -0.1) is 0 Å². The van der Waals surface area contributed by atoms with Crippen molar-refractivity contribution in [3.8, 4) is 0 Å². The lowest BCUT2D eigenvalue weighted by Crippen LogP contribution is -2.44. The van der Waals surface area contributed by atoms with E-state index >= 15 is 0 Å². The highest BCUT2D eigenvalue weighted by Gasteiger charge is 2.32. The molecule has 0 saturated heterocycles. The second-order valence-corrected chi connectivity index (χ2v) is 6.93. The molecular weight excluding hydrogens is 322 g/mol. The maximum Gasteiger partial charge on any atom is 0.322 e. The van der Waals surface area contributed by atoms with Crippen LogP contribution in [0.5, 0.6) is 0 Å². The Balaban J connectivity index is 1.67. The van der Waals surface area contributed by atoms with Gasteiger partial charge in [0.2, 0.25) is 0 Å². The number of benzene rings is 2. The van der Waals surface area contributed by atoms with Gasteiger partial charge in [-0.1, -0.05) is 42.0 Å². The lowest BCUT2D eigenvalue weighted by molar-refractivity contribution is 0.182. The van der Waals surface area contributed by atoms with E-state index in [1.54, 1.807) is 0 Å². The molecule has 0 spiro atoms. The first kappa shape index (κ1) is 16.5. The minimum atomic E-state index is -0.0795. The van der Waals surface area contributed by atoms with Gasteiger partial charge in [0.25, 0.3) is 0 Å². The summed E-state index contributed by atoms with van der Waals surface area (Å²) in [7, 11) is 0. The summed E-state index contributed by atoms with van der Waals surface area (Å²) in [5, 5.41) is 3.06. The van der Waals surface area contributed by atoms with Crippen LogP contribution < -0.4 is 5.32 Å². The third kappa shape index (κ3) is 3.10. The van der Waals surface area contributed by atoms with Crippen LogP contribution in [0, 0.1) is 13.8 Å². The number of nitrogens with one attached hydrogen (secondary N) is 1. The first-order valence-corrected chi connectivity index (χ1v) is 8.98. The summed E-state index contributed by atoms with van der Waals surface area (Å²) in [5.74, 6) is 0. The minimum Gasteiger partial charge on any atom is -0.348 e. The number of hydrogen-bond donors (Lipinski definition) is 1. The SMILES string of the molecule is Cc1ccc([C@H]2c3cccn3CCN2C(=O)Nc2cccc(C)c2)cc1. The van der Waals surface area contributed by atoms with Gasteiger partial charge in [0.05, 0.1) is 6.04 Å². The maximum absolute atomic E-state index is 13.1. The lowest BCUT2D eigenvalue weighted by atomic mass is 9.99. The average molecular weight is 345 g/mol. The standard InChI is InChI=1S/C22H23N3O/c1-16-8-10-18(11-9-16)21-20-7-4-12-24(20)13-14-25(21)22(26)23-19-6-3-5-17(2)15-19/h3-12,15,21H,13-14H2,1-2H3,(H,23,26)/t21-/m0/s1. The van der Waals surface area contributed by atoms with Crippen molar-refractivity contribution < 1.29 is 4.79 Å². The van der Waals surface area contributed by atoms with Crippen molar-refractivity contribution >= 4 is 11.7 Å². The topological polar surface area (TPSA) is 37.3 Å². The van der Waals surface area contributed by atoms with Crippen molar-refractivity contribution in [2.75, 3.05) is 11.9 Å². The van der Waals surface area contributed by atoms with Gasteiger partial charge in [0, 0.05) is 30.7 Å². The molecule has 3 aromatic rings. The van der Waals surface area contributed by atoms with Crippen LogP contribution in [0.3, 0.4) is 0 Å². The third-order valence-corrected chi connectivity index (χ3v) is 4.96. The van der Waals surface area contributed by atoms with Gasteiger partial charge in [-0.25, -0.2) is 4.79 Å². The summed E-state index contributed by atoms with van der Waals surface area (Å²) >= 11 is 0. The summed E-state index contributed by atoms with van der Waals surface area (Å²) in [6.07, 6.45) is 2.09. The molecule has 0 aliphatic carbocycles. The molecule has 0 radical (unpaired) electrons. The number of urea groups is 1. The summed E-state index contributed by atoms with van der Waals surface area (Å²) < 4.78 is 2.24. The van der Waals surface area contributed by atoms with Crippen LogP contribution in [0.15, 0.2) is 66.9 Å². The zero-order valence-electron chi connectivity index (χ0n) is 15.1. The Labute approximate surface area is 154 Å². The monoisotopic (exact) mass is 345 g/mol. The minimum absolute atomic E-state index is 0.0615. The Hall–Kier alpha value is -3.01. The van der Waals surface area contributed by atoms with Crippen molar-refractivity contribution in [2.45, 2.75) is 26.4 Å². The van der Waals surface area contributed by atoms with Crippen LogP contribution in [0.2, 0.25) is 0 Å². The van der Waals surface area contributed by atoms with E-state index in [0.29, 0.717) is 6.54 Å². The van der Waals surface area contributed by atoms with Gasteiger partial charge in [0.1, 0.15) is 0 Å². The predicted molar refractivity (Wildman–Crippen MR) is 104 cm³/mol. The van der Waals surface area contributed by atoms with Gasteiger partial charge in [-0.05, 0) is 49.2 Å².